The summed E-state index contributed by atoms with van der Waals surface area (Å²) in [5.74, 6) is -0.154. The number of benzene rings is 2. The van der Waals surface area contributed by atoms with Gasteiger partial charge in [0.15, 0.2) is 11.3 Å². The number of nitrogens with one attached hydrogen (secondary N) is 1. The van der Waals surface area contributed by atoms with Gasteiger partial charge in [0, 0.05) is 9.69 Å². The molecule has 2 aromatic rings. The van der Waals surface area contributed by atoms with Gasteiger partial charge in [-0.15, -0.1) is 5.10 Å². The first-order valence-corrected chi connectivity index (χ1v) is 9.35. The van der Waals surface area contributed by atoms with Crippen molar-refractivity contribution in [3.05, 3.63) is 69.1 Å². The lowest BCUT2D eigenvalue weighted by molar-refractivity contribution is -0.116. The second-order valence-corrected chi connectivity index (χ2v) is 7.04. The first-order valence-electron chi connectivity index (χ1n) is 7.33. The highest BCUT2D eigenvalue weighted by molar-refractivity contribution is 9.10. The molecule has 1 atom stereocenters. The average Bonchev–Trinajstić information content (AvgIpc) is 2.61. The summed E-state index contributed by atoms with van der Waals surface area (Å²) in [5, 5.41) is 11.3. The lowest BCUT2D eigenvalue weighted by atomic mass is 10.1. The van der Waals surface area contributed by atoms with Crippen molar-refractivity contribution in [2.45, 2.75) is 6.17 Å². The van der Waals surface area contributed by atoms with Crippen LogP contribution in [0.15, 0.2) is 63.1 Å². The molecule has 24 heavy (non-hydrogen) atoms. The summed E-state index contributed by atoms with van der Waals surface area (Å²) in [5.41, 5.74) is 1.51. The third kappa shape index (κ3) is 2.53. The van der Waals surface area contributed by atoms with E-state index in [4.69, 9.17) is 4.99 Å². The molecule has 0 unspecified atom stereocenters. The van der Waals surface area contributed by atoms with Crippen molar-refractivity contribution in [1.82, 2.24) is 10.3 Å². The molecule has 0 radical (unpaired) electrons. The predicted octanol–water partition coefficient (Wildman–Crippen LogP) is 1.96. The van der Waals surface area contributed by atoms with Crippen LogP contribution in [0.3, 0.4) is 0 Å². The number of nitrogens with zero attached hydrogens (tertiary/aromatic N) is 3. The molecule has 0 aromatic heterocycles. The van der Waals surface area contributed by atoms with Gasteiger partial charge in [-0.1, -0.05) is 58.0 Å². The number of hydrazone groups is 1. The van der Waals surface area contributed by atoms with Crippen molar-refractivity contribution in [1.29, 1.82) is 0 Å². The van der Waals surface area contributed by atoms with Gasteiger partial charge in [-0.3, -0.25) is 15.1 Å². The Morgan fingerprint density at radius 2 is 1.92 bits per heavy atom. The number of rotatable bonds is 1. The van der Waals surface area contributed by atoms with Crippen LogP contribution in [0.1, 0.15) is 11.7 Å². The van der Waals surface area contributed by atoms with E-state index in [1.54, 1.807) is 5.01 Å². The van der Waals surface area contributed by atoms with Gasteiger partial charge in [0.05, 0.1) is 5.36 Å². The lowest BCUT2D eigenvalue weighted by Crippen LogP contribution is -2.50. The van der Waals surface area contributed by atoms with Gasteiger partial charge in [0.1, 0.15) is 5.70 Å². The summed E-state index contributed by atoms with van der Waals surface area (Å²) in [7, 11) is 0. The lowest BCUT2D eigenvalue weighted by Gasteiger charge is -2.33. The second-order valence-electron chi connectivity index (χ2n) is 5.33. The fraction of sp³-hybridized carbons (Fsp3) is 0.118. The van der Waals surface area contributed by atoms with Crippen LogP contribution in [-0.2, 0) is 4.79 Å². The van der Waals surface area contributed by atoms with Crippen LogP contribution in [0.25, 0.3) is 5.70 Å². The minimum Gasteiger partial charge on any atom is -0.298 e. The Hall–Kier alpha value is -2.12. The first-order chi connectivity index (χ1) is 11.7. The minimum atomic E-state index is -0.365. The van der Waals surface area contributed by atoms with Gasteiger partial charge in [0.25, 0.3) is 5.91 Å². The third-order valence-corrected chi connectivity index (χ3v) is 4.98. The normalized spacial score (nSPS) is 19.0. The highest BCUT2D eigenvalue weighted by Gasteiger charge is 2.33. The van der Waals surface area contributed by atoms with E-state index >= 15 is 0 Å². The molecule has 0 saturated heterocycles. The molecule has 4 rings (SSSR count). The van der Waals surface area contributed by atoms with Crippen molar-refractivity contribution in [3.8, 4) is 0 Å². The first kappa shape index (κ1) is 15.4. The molecular formula is C17H13BrN4OS. The zero-order chi connectivity index (χ0) is 16.7. The predicted molar refractivity (Wildman–Crippen MR) is 98.4 cm³/mol. The standard InChI is InChI=1S/C17H13BrN4OS/c1-24-17-20-16(23)14-12-4-2-3-5-13(12)19-15(22(14)21-17)10-6-8-11(18)9-7-10/h2-9,15H,1H3,(H,20,21,23)/t15-/m1/s1. The van der Waals surface area contributed by atoms with Crippen molar-refractivity contribution >= 4 is 44.5 Å². The van der Waals surface area contributed by atoms with Crippen LogP contribution >= 0.6 is 27.7 Å². The van der Waals surface area contributed by atoms with Crippen LogP contribution < -0.4 is 15.9 Å². The summed E-state index contributed by atoms with van der Waals surface area (Å²) in [4.78, 5) is 17.5. The largest absolute Gasteiger partial charge is 0.298 e. The fourth-order valence-electron chi connectivity index (χ4n) is 2.77. The zero-order valence-corrected chi connectivity index (χ0v) is 15.1. The fourth-order valence-corrected chi connectivity index (χ4v) is 3.40. The molecule has 1 N–H and O–H groups in total. The number of carbonyl (C=O) groups is 1. The van der Waals surface area contributed by atoms with E-state index < -0.39 is 0 Å². The topological polar surface area (TPSA) is 57.1 Å². The molecule has 2 aliphatic heterocycles. The molecule has 120 valence electrons. The van der Waals surface area contributed by atoms with Crippen molar-refractivity contribution in [3.63, 3.8) is 0 Å². The molecular weight excluding hydrogens is 388 g/mol. The van der Waals surface area contributed by atoms with Crippen molar-refractivity contribution in [2.75, 3.05) is 6.26 Å². The Labute approximate surface area is 151 Å². The summed E-state index contributed by atoms with van der Waals surface area (Å²) < 4.78 is 0.997. The van der Waals surface area contributed by atoms with Gasteiger partial charge in [0.2, 0.25) is 0 Å². The Bertz CT molecular complexity index is 971. The highest BCUT2D eigenvalue weighted by atomic mass is 79.9. The second kappa shape index (κ2) is 6.07. The molecule has 0 fully saturated rings. The Kier molecular flexibility index (Phi) is 3.90. The Morgan fingerprint density at radius 3 is 2.67 bits per heavy atom. The van der Waals surface area contributed by atoms with Gasteiger partial charge >= 0.3 is 0 Å². The average molecular weight is 401 g/mol. The van der Waals surface area contributed by atoms with E-state index in [1.165, 1.54) is 11.8 Å². The van der Waals surface area contributed by atoms with E-state index in [0.717, 1.165) is 20.6 Å². The number of amides is 1. The maximum Gasteiger partial charge on any atom is 0.276 e. The molecule has 0 spiro atoms. The number of hydrogen-bond acceptors (Lipinski definition) is 5. The van der Waals surface area contributed by atoms with Gasteiger partial charge in [-0.2, -0.15) is 0 Å². The monoisotopic (exact) mass is 400 g/mol. The molecule has 2 aromatic carbocycles. The highest BCUT2D eigenvalue weighted by Crippen LogP contribution is 2.30. The Morgan fingerprint density at radius 1 is 1.17 bits per heavy atom. The van der Waals surface area contributed by atoms with E-state index in [-0.39, 0.29) is 12.1 Å². The maximum absolute atomic E-state index is 12.7. The number of carbonyl (C=O) groups excluding carboxylic acids is 1. The van der Waals surface area contributed by atoms with Crippen molar-refractivity contribution in [2.24, 2.45) is 10.1 Å². The minimum absolute atomic E-state index is 0.154. The van der Waals surface area contributed by atoms with Crippen LogP contribution in [0.2, 0.25) is 0 Å². The number of para-hydroxylation sites is 1. The zero-order valence-electron chi connectivity index (χ0n) is 12.7. The molecule has 0 aliphatic carbocycles. The Balaban J connectivity index is 1.97. The van der Waals surface area contributed by atoms with E-state index in [0.29, 0.717) is 10.9 Å². The number of halogens is 1. The number of hydrogen-bond donors (Lipinski definition) is 1. The molecule has 2 heterocycles. The molecule has 1 amide bonds. The smallest absolute Gasteiger partial charge is 0.276 e. The number of amidine groups is 1. The van der Waals surface area contributed by atoms with Gasteiger partial charge in [-0.05, 0) is 30.0 Å². The summed E-state index contributed by atoms with van der Waals surface area (Å²) in [6.45, 7) is 0. The van der Waals surface area contributed by atoms with Gasteiger partial charge in [-0.25, -0.2) is 5.01 Å². The number of thioether (sulfide) groups is 1. The van der Waals surface area contributed by atoms with Crippen LogP contribution in [0.5, 0.6) is 0 Å². The molecule has 5 nitrogen and oxygen atoms in total. The SMILES string of the molecule is CSC1=NN2C(=c3ccccc3=N[C@H]2c2ccc(Br)cc2)C(=O)N1. The molecule has 0 bridgehead atoms. The van der Waals surface area contributed by atoms with Crippen LogP contribution in [-0.4, -0.2) is 22.3 Å². The van der Waals surface area contributed by atoms with Crippen LogP contribution in [0, 0.1) is 0 Å². The molecule has 2 aliphatic rings. The van der Waals surface area contributed by atoms with Crippen molar-refractivity contribution < 1.29 is 4.79 Å². The third-order valence-electron chi connectivity index (χ3n) is 3.88. The van der Waals surface area contributed by atoms with Crippen LogP contribution in [0.4, 0.5) is 0 Å². The molecule has 0 saturated carbocycles. The maximum atomic E-state index is 12.7. The summed E-state index contributed by atoms with van der Waals surface area (Å²) in [6, 6.07) is 15.6. The van der Waals surface area contributed by atoms with Gasteiger partial charge < -0.3 is 0 Å². The number of fused-ring (bicyclic) bond motifs is 2. The molecule has 7 heteroatoms. The quantitative estimate of drug-likeness (QED) is 0.795. The summed E-state index contributed by atoms with van der Waals surface area (Å²) >= 11 is 4.85. The van der Waals surface area contributed by atoms with E-state index in [9.17, 15) is 4.79 Å². The van der Waals surface area contributed by atoms with E-state index in [2.05, 4.69) is 26.3 Å². The summed E-state index contributed by atoms with van der Waals surface area (Å²) in [6.07, 6.45) is 1.52. The van der Waals surface area contributed by atoms with E-state index in [1.807, 2.05) is 54.8 Å².